The minimum absolute atomic E-state index is 0.643. The first-order valence-electron chi connectivity index (χ1n) is 6.06. The molecule has 16 heavy (non-hydrogen) atoms. The van der Waals surface area contributed by atoms with Crippen LogP contribution in [-0.4, -0.2) is 0 Å². The summed E-state index contributed by atoms with van der Waals surface area (Å²) < 4.78 is 0. The van der Waals surface area contributed by atoms with Crippen LogP contribution in [0.4, 0.5) is 0 Å². The molecule has 1 nitrogen and oxygen atoms in total. The molecule has 0 amide bonds. The van der Waals surface area contributed by atoms with Crippen LogP contribution in [0.3, 0.4) is 0 Å². The van der Waals surface area contributed by atoms with E-state index in [1.807, 2.05) is 0 Å². The summed E-state index contributed by atoms with van der Waals surface area (Å²) in [5, 5.41) is 2.70. The van der Waals surface area contributed by atoms with Gasteiger partial charge in [-0.2, -0.15) is 0 Å². The third kappa shape index (κ3) is 2.10. The van der Waals surface area contributed by atoms with E-state index in [4.69, 9.17) is 5.73 Å². The molecule has 0 unspecified atom stereocenters. The highest BCUT2D eigenvalue weighted by molar-refractivity contribution is 5.86. The molecule has 2 rings (SSSR count). The van der Waals surface area contributed by atoms with Crippen molar-refractivity contribution in [3.05, 3.63) is 47.5 Å². The fraction of sp³-hybridized carbons (Fsp3) is 0.333. The molecule has 84 valence electrons. The molecular weight excluding hydrogens is 194 g/mol. The molecule has 0 aliphatic carbocycles. The van der Waals surface area contributed by atoms with Gasteiger partial charge in [-0.3, -0.25) is 0 Å². The van der Waals surface area contributed by atoms with Crippen molar-refractivity contribution >= 4 is 10.8 Å². The van der Waals surface area contributed by atoms with Gasteiger partial charge in [0.15, 0.2) is 0 Å². The number of rotatable bonds is 4. The van der Waals surface area contributed by atoms with Gasteiger partial charge in [0, 0.05) is 6.54 Å². The lowest BCUT2D eigenvalue weighted by atomic mass is 9.95. The number of fused-ring (bicyclic) bond motifs is 1. The molecule has 0 spiro atoms. The molecule has 2 N–H and O–H groups in total. The van der Waals surface area contributed by atoms with Crippen molar-refractivity contribution in [1.29, 1.82) is 0 Å². The van der Waals surface area contributed by atoms with Gasteiger partial charge in [-0.25, -0.2) is 0 Å². The fourth-order valence-electron chi connectivity index (χ4n) is 2.22. The van der Waals surface area contributed by atoms with Gasteiger partial charge in [-0.1, -0.05) is 49.7 Å². The van der Waals surface area contributed by atoms with Gasteiger partial charge in [0.05, 0.1) is 0 Å². The highest BCUT2D eigenvalue weighted by Gasteiger charge is 2.05. The maximum atomic E-state index is 5.81. The first-order chi connectivity index (χ1) is 7.86. The van der Waals surface area contributed by atoms with Gasteiger partial charge >= 0.3 is 0 Å². The number of hydrogen-bond acceptors (Lipinski definition) is 1. The van der Waals surface area contributed by atoms with E-state index in [1.54, 1.807) is 0 Å². The first-order valence-corrected chi connectivity index (χ1v) is 6.06. The van der Waals surface area contributed by atoms with Crippen LogP contribution in [0.5, 0.6) is 0 Å². The van der Waals surface area contributed by atoms with Gasteiger partial charge < -0.3 is 5.73 Å². The Bertz CT molecular complexity index is 474. The summed E-state index contributed by atoms with van der Waals surface area (Å²) in [6.45, 7) is 2.87. The van der Waals surface area contributed by atoms with Gasteiger partial charge in [0.1, 0.15) is 0 Å². The van der Waals surface area contributed by atoms with Crippen LogP contribution in [0.15, 0.2) is 36.4 Å². The average Bonchev–Trinajstić information content (AvgIpc) is 2.35. The highest BCUT2D eigenvalue weighted by Crippen LogP contribution is 2.24. The Labute approximate surface area is 97.3 Å². The molecule has 0 aliphatic heterocycles. The molecule has 0 aliphatic rings. The second-order valence-corrected chi connectivity index (χ2v) is 4.23. The smallest absolute Gasteiger partial charge is 0.0181 e. The van der Waals surface area contributed by atoms with Gasteiger partial charge in [-0.15, -0.1) is 0 Å². The number of unbranched alkanes of at least 4 members (excludes halogenated alkanes) is 1. The van der Waals surface area contributed by atoms with E-state index in [9.17, 15) is 0 Å². The van der Waals surface area contributed by atoms with Gasteiger partial charge in [0.2, 0.25) is 0 Å². The molecule has 1 heteroatoms. The number of nitrogens with two attached hydrogens (primary N) is 1. The molecule has 0 saturated carbocycles. The quantitative estimate of drug-likeness (QED) is 0.824. The molecule has 0 fully saturated rings. The maximum Gasteiger partial charge on any atom is 0.0181 e. The predicted octanol–water partition coefficient (Wildman–Crippen LogP) is 3.64. The summed E-state index contributed by atoms with van der Waals surface area (Å²) in [6.07, 6.45) is 3.61. The molecule has 0 aromatic heterocycles. The zero-order valence-electron chi connectivity index (χ0n) is 9.87. The summed E-state index contributed by atoms with van der Waals surface area (Å²) in [5.41, 5.74) is 8.56. The van der Waals surface area contributed by atoms with Crippen molar-refractivity contribution in [1.82, 2.24) is 0 Å². The van der Waals surface area contributed by atoms with E-state index in [2.05, 4.69) is 43.3 Å². The van der Waals surface area contributed by atoms with Gasteiger partial charge in [0.25, 0.3) is 0 Å². The molecule has 2 aromatic rings. The van der Waals surface area contributed by atoms with E-state index in [1.165, 1.54) is 34.7 Å². The summed E-state index contributed by atoms with van der Waals surface area (Å²) in [7, 11) is 0. The topological polar surface area (TPSA) is 26.0 Å². The lowest BCUT2D eigenvalue weighted by Crippen LogP contribution is -2.02. The largest absolute Gasteiger partial charge is 0.326 e. The SMILES string of the molecule is CCCCc1c(CN)ccc2ccccc12. The zero-order valence-corrected chi connectivity index (χ0v) is 9.87. The molecule has 0 saturated heterocycles. The van der Waals surface area contributed by atoms with Crippen LogP contribution in [0.2, 0.25) is 0 Å². The Hall–Kier alpha value is -1.34. The van der Waals surface area contributed by atoms with Crippen LogP contribution in [0, 0.1) is 0 Å². The minimum atomic E-state index is 0.643. The fourth-order valence-corrected chi connectivity index (χ4v) is 2.22. The van der Waals surface area contributed by atoms with E-state index in [0.29, 0.717) is 6.54 Å². The van der Waals surface area contributed by atoms with Crippen molar-refractivity contribution in [2.75, 3.05) is 0 Å². The lowest BCUT2D eigenvalue weighted by Gasteiger charge is -2.11. The Kier molecular flexibility index (Phi) is 3.58. The second kappa shape index (κ2) is 5.13. The highest BCUT2D eigenvalue weighted by atomic mass is 14.5. The van der Waals surface area contributed by atoms with Crippen molar-refractivity contribution < 1.29 is 0 Å². The Morgan fingerprint density at radius 3 is 2.62 bits per heavy atom. The molecule has 0 heterocycles. The molecule has 2 aromatic carbocycles. The van der Waals surface area contributed by atoms with Crippen LogP contribution in [0.1, 0.15) is 30.9 Å². The van der Waals surface area contributed by atoms with Crippen LogP contribution in [0.25, 0.3) is 10.8 Å². The number of benzene rings is 2. The summed E-state index contributed by atoms with van der Waals surface area (Å²) >= 11 is 0. The lowest BCUT2D eigenvalue weighted by molar-refractivity contribution is 0.790. The van der Waals surface area contributed by atoms with Crippen molar-refractivity contribution in [3.8, 4) is 0 Å². The first kappa shape index (κ1) is 11.2. The van der Waals surface area contributed by atoms with Gasteiger partial charge in [-0.05, 0) is 34.7 Å². The van der Waals surface area contributed by atoms with Crippen molar-refractivity contribution in [3.63, 3.8) is 0 Å². The zero-order chi connectivity index (χ0) is 11.4. The monoisotopic (exact) mass is 213 g/mol. The van der Waals surface area contributed by atoms with Crippen molar-refractivity contribution in [2.24, 2.45) is 5.73 Å². The summed E-state index contributed by atoms with van der Waals surface area (Å²) in [4.78, 5) is 0. The van der Waals surface area contributed by atoms with Crippen molar-refractivity contribution in [2.45, 2.75) is 32.7 Å². The normalized spacial score (nSPS) is 10.9. The predicted molar refractivity (Wildman–Crippen MR) is 70.5 cm³/mol. The summed E-state index contributed by atoms with van der Waals surface area (Å²) in [5.74, 6) is 0. The van der Waals surface area contributed by atoms with E-state index in [-0.39, 0.29) is 0 Å². The number of aryl methyl sites for hydroxylation is 1. The Balaban J connectivity index is 2.54. The Morgan fingerprint density at radius 2 is 1.88 bits per heavy atom. The van der Waals surface area contributed by atoms with Crippen LogP contribution < -0.4 is 5.73 Å². The molecule has 0 radical (unpaired) electrons. The third-order valence-electron chi connectivity index (χ3n) is 3.14. The molecular formula is C15H19N. The van der Waals surface area contributed by atoms with E-state index >= 15 is 0 Å². The maximum absolute atomic E-state index is 5.81. The van der Waals surface area contributed by atoms with E-state index in [0.717, 1.165) is 6.42 Å². The van der Waals surface area contributed by atoms with E-state index < -0.39 is 0 Å². The molecule has 0 bridgehead atoms. The van der Waals surface area contributed by atoms with Crippen LogP contribution in [-0.2, 0) is 13.0 Å². The average molecular weight is 213 g/mol. The Morgan fingerprint density at radius 1 is 1.06 bits per heavy atom. The molecule has 0 atom stereocenters. The summed E-state index contributed by atoms with van der Waals surface area (Å²) in [6, 6.07) is 12.9. The standard InChI is InChI=1S/C15H19N/c1-2-3-7-15-13(11-16)10-9-12-6-4-5-8-14(12)15/h4-6,8-10H,2-3,7,11,16H2,1H3. The minimum Gasteiger partial charge on any atom is -0.326 e. The van der Waals surface area contributed by atoms with Crippen LogP contribution >= 0.6 is 0 Å². The third-order valence-corrected chi connectivity index (χ3v) is 3.14. The number of hydrogen-bond donors (Lipinski definition) is 1. The second-order valence-electron chi connectivity index (χ2n) is 4.23.